The van der Waals surface area contributed by atoms with Crippen LogP contribution < -0.4 is 10.6 Å². The SMILES string of the molecule is Cl.Cl.O=C(NC1C2CNCC21)c1ccc(Cl)cn1. The number of fused-ring (bicyclic) bond motifs is 1. The number of pyridine rings is 1. The van der Waals surface area contributed by atoms with E-state index in [1.807, 2.05) is 0 Å². The van der Waals surface area contributed by atoms with Gasteiger partial charge in [-0.3, -0.25) is 4.79 Å². The van der Waals surface area contributed by atoms with Crippen molar-refractivity contribution in [3.05, 3.63) is 29.0 Å². The van der Waals surface area contributed by atoms with Crippen LogP contribution in [0.2, 0.25) is 5.02 Å². The molecule has 1 aliphatic carbocycles. The van der Waals surface area contributed by atoms with Crippen molar-refractivity contribution in [1.29, 1.82) is 0 Å². The van der Waals surface area contributed by atoms with E-state index >= 15 is 0 Å². The second kappa shape index (κ2) is 6.06. The molecule has 100 valence electrons. The van der Waals surface area contributed by atoms with Crippen molar-refractivity contribution >= 4 is 42.3 Å². The summed E-state index contributed by atoms with van der Waals surface area (Å²) in [5, 5.41) is 6.84. The second-order valence-corrected chi connectivity index (χ2v) is 4.78. The molecule has 1 aliphatic heterocycles. The zero-order valence-electron chi connectivity index (χ0n) is 9.43. The Kier molecular flexibility index (Phi) is 5.22. The van der Waals surface area contributed by atoms with Crippen LogP contribution in [0.25, 0.3) is 0 Å². The van der Waals surface area contributed by atoms with Gasteiger partial charge in [0.15, 0.2) is 0 Å². The van der Waals surface area contributed by atoms with Gasteiger partial charge in [0, 0.05) is 25.3 Å². The molecule has 2 fully saturated rings. The second-order valence-electron chi connectivity index (χ2n) is 4.35. The number of hydrogen-bond acceptors (Lipinski definition) is 3. The fourth-order valence-corrected chi connectivity index (χ4v) is 2.48. The Morgan fingerprint density at radius 1 is 1.33 bits per heavy atom. The average molecular weight is 311 g/mol. The first-order valence-electron chi connectivity index (χ1n) is 5.39. The van der Waals surface area contributed by atoms with Crippen LogP contribution in [0.1, 0.15) is 10.5 Å². The fraction of sp³-hybridized carbons (Fsp3) is 0.455. The zero-order chi connectivity index (χ0) is 11.1. The van der Waals surface area contributed by atoms with E-state index in [-0.39, 0.29) is 30.7 Å². The summed E-state index contributed by atoms with van der Waals surface area (Å²) >= 11 is 5.71. The molecule has 2 heterocycles. The first kappa shape index (κ1) is 15.5. The van der Waals surface area contributed by atoms with Crippen molar-refractivity contribution < 1.29 is 4.79 Å². The van der Waals surface area contributed by atoms with Crippen molar-refractivity contribution in [1.82, 2.24) is 15.6 Å². The summed E-state index contributed by atoms with van der Waals surface area (Å²) in [4.78, 5) is 15.8. The van der Waals surface area contributed by atoms with Crippen LogP contribution in [0.5, 0.6) is 0 Å². The van der Waals surface area contributed by atoms with Gasteiger partial charge >= 0.3 is 0 Å². The molecule has 1 aromatic heterocycles. The van der Waals surface area contributed by atoms with Gasteiger partial charge in [0.05, 0.1) is 5.02 Å². The minimum Gasteiger partial charge on any atom is -0.347 e. The highest BCUT2D eigenvalue weighted by molar-refractivity contribution is 6.30. The molecule has 1 saturated heterocycles. The van der Waals surface area contributed by atoms with E-state index in [1.54, 1.807) is 12.1 Å². The molecular weight excluding hydrogens is 296 g/mol. The first-order valence-corrected chi connectivity index (χ1v) is 5.76. The number of piperidine rings is 1. The maximum Gasteiger partial charge on any atom is 0.270 e. The molecule has 0 bridgehead atoms. The van der Waals surface area contributed by atoms with Crippen LogP contribution in [0, 0.1) is 11.8 Å². The predicted molar refractivity (Wildman–Crippen MR) is 74.8 cm³/mol. The lowest BCUT2D eigenvalue weighted by Gasteiger charge is -2.06. The Bertz CT molecular complexity index is 416. The lowest BCUT2D eigenvalue weighted by Crippen LogP contribution is -2.32. The van der Waals surface area contributed by atoms with Crippen LogP contribution in [0.3, 0.4) is 0 Å². The highest BCUT2D eigenvalue weighted by Gasteiger charge is 2.53. The van der Waals surface area contributed by atoms with Crippen LogP contribution in [0.4, 0.5) is 0 Å². The number of aromatic nitrogens is 1. The number of hydrogen-bond donors (Lipinski definition) is 2. The van der Waals surface area contributed by atoms with Crippen molar-refractivity contribution in [3.8, 4) is 0 Å². The van der Waals surface area contributed by atoms with E-state index in [0.717, 1.165) is 13.1 Å². The van der Waals surface area contributed by atoms with Gasteiger partial charge in [-0.2, -0.15) is 0 Å². The van der Waals surface area contributed by atoms with Gasteiger partial charge in [-0.1, -0.05) is 11.6 Å². The Hall–Kier alpha value is -0.550. The van der Waals surface area contributed by atoms with Crippen molar-refractivity contribution in [2.45, 2.75) is 6.04 Å². The molecule has 0 spiro atoms. The summed E-state index contributed by atoms with van der Waals surface area (Å²) in [7, 11) is 0. The molecule has 1 aromatic rings. The average Bonchev–Trinajstić information content (AvgIpc) is 2.75. The molecule has 2 atom stereocenters. The topological polar surface area (TPSA) is 54.0 Å². The molecule has 3 rings (SSSR count). The summed E-state index contributed by atoms with van der Waals surface area (Å²) in [6.45, 7) is 2.04. The maximum absolute atomic E-state index is 11.8. The molecule has 0 aromatic carbocycles. The summed E-state index contributed by atoms with van der Waals surface area (Å²) in [5.41, 5.74) is 0.433. The van der Waals surface area contributed by atoms with Crippen LogP contribution >= 0.6 is 36.4 Å². The largest absolute Gasteiger partial charge is 0.347 e. The van der Waals surface area contributed by atoms with E-state index in [1.165, 1.54) is 6.20 Å². The van der Waals surface area contributed by atoms with Crippen LogP contribution in [-0.4, -0.2) is 30.0 Å². The standard InChI is InChI=1S/C11H12ClN3O.2ClH/c12-6-1-2-9(14-3-6)11(16)15-10-7-4-13-5-8(7)10;;/h1-3,7-8,10,13H,4-5H2,(H,15,16);2*1H. The molecular formula is C11H14Cl3N3O. The normalized spacial score (nSPS) is 27.5. The summed E-state index contributed by atoms with van der Waals surface area (Å²) in [5.74, 6) is 1.14. The molecule has 18 heavy (non-hydrogen) atoms. The monoisotopic (exact) mass is 309 g/mol. The third-order valence-corrected chi connectivity index (χ3v) is 3.57. The van der Waals surface area contributed by atoms with Gasteiger partial charge in [-0.15, -0.1) is 24.8 Å². The van der Waals surface area contributed by atoms with Gasteiger partial charge < -0.3 is 10.6 Å². The number of rotatable bonds is 2. The fourth-order valence-electron chi connectivity index (χ4n) is 2.37. The highest BCUT2D eigenvalue weighted by atomic mass is 35.5. The summed E-state index contributed by atoms with van der Waals surface area (Å²) < 4.78 is 0. The number of carbonyl (C=O) groups is 1. The van der Waals surface area contributed by atoms with E-state index < -0.39 is 0 Å². The van der Waals surface area contributed by atoms with Crippen molar-refractivity contribution in [3.63, 3.8) is 0 Å². The minimum absolute atomic E-state index is 0. The number of halogens is 3. The molecule has 2 unspecified atom stereocenters. The van der Waals surface area contributed by atoms with Gasteiger partial charge in [-0.05, 0) is 24.0 Å². The van der Waals surface area contributed by atoms with E-state index in [9.17, 15) is 4.79 Å². The predicted octanol–water partition coefficient (Wildman–Crippen LogP) is 1.53. The van der Waals surface area contributed by atoms with E-state index in [2.05, 4.69) is 15.6 Å². The highest BCUT2D eigenvalue weighted by Crippen LogP contribution is 2.41. The number of carbonyl (C=O) groups excluding carboxylic acids is 1. The zero-order valence-corrected chi connectivity index (χ0v) is 11.8. The van der Waals surface area contributed by atoms with Gasteiger partial charge in [-0.25, -0.2) is 4.98 Å². The third-order valence-electron chi connectivity index (χ3n) is 3.35. The van der Waals surface area contributed by atoms with Crippen molar-refractivity contribution in [2.75, 3.05) is 13.1 Å². The van der Waals surface area contributed by atoms with E-state index in [0.29, 0.717) is 28.6 Å². The smallest absolute Gasteiger partial charge is 0.270 e. The molecule has 2 N–H and O–H groups in total. The quantitative estimate of drug-likeness (QED) is 0.871. The number of nitrogens with one attached hydrogen (secondary N) is 2. The molecule has 2 aliphatic rings. The third kappa shape index (κ3) is 2.88. The van der Waals surface area contributed by atoms with Gasteiger partial charge in [0.1, 0.15) is 5.69 Å². The summed E-state index contributed by atoms with van der Waals surface area (Å²) in [6, 6.07) is 3.67. The lowest BCUT2D eigenvalue weighted by molar-refractivity contribution is 0.0941. The lowest BCUT2D eigenvalue weighted by atomic mass is 10.3. The van der Waals surface area contributed by atoms with Crippen molar-refractivity contribution in [2.24, 2.45) is 11.8 Å². The minimum atomic E-state index is -0.101. The molecule has 0 radical (unpaired) electrons. The Balaban J connectivity index is 0.000000810. The number of nitrogens with zero attached hydrogens (tertiary/aromatic N) is 1. The molecule has 4 nitrogen and oxygen atoms in total. The molecule has 1 saturated carbocycles. The summed E-state index contributed by atoms with van der Waals surface area (Å²) in [6.07, 6.45) is 1.49. The van der Waals surface area contributed by atoms with Crippen LogP contribution in [0.15, 0.2) is 18.3 Å². The molecule has 1 amide bonds. The van der Waals surface area contributed by atoms with Gasteiger partial charge in [0.2, 0.25) is 0 Å². The first-order chi connectivity index (χ1) is 7.75. The Labute approximate surface area is 123 Å². The Morgan fingerprint density at radius 2 is 2.00 bits per heavy atom. The van der Waals surface area contributed by atoms with Gasteiger partial charge in [0.25, 0.3) is 5.91 Å². The maximum atomic E-state index is 11.8. The van der Waals surface area contributed by atoms with Crippen LogP contribution in [-0.2, 0) is 0 Å². The number of amides is 1. The molecule has 7 heteroatoms. The van der Waals surface area contributed by atoms with E-state index in [4.69, 9.17) is 11.6 Å². The Morgan fingerprint density at radius 3 is 2.56 bits per heavy atom.